The zero-order valence-electron chi connectivity index (χ0n) is 11.6. The lowest BCUT2D eigenvalue weighted by Crippen LogP contribution is -2.34. The monoisotopic (exact) mass is 298 g/mol. The Morgan fingerprint density at radius 1 is 1.50 bits per heavy atom. The van der Waals surface area contributed by atoms with Gasteiger partial charge in [-0.1, -0.05) is 0 Å². The molecule has 0 saturated heterocycles. The van der Waals surface area contributed by atoms with Crippen molar-refractivity contribution < 1.29 is 12.8 Å². The number of sulfonamides is 1. The summed E-state index contributed by atoms with van der Waals surface area (Å²) in [6, 6.07) is 3.43. The van der Waals surface area contributed by atoms with Crippen LogP contribution in [0.5, 0.6) is 0 Å². The van der Waals surface area contributed by atoms with Gasteiger partial charge in [0.2, 0.25) is 10.0 Å². The van der Waals surface area contributed by atoms with Gasteiger partial charge in [-0.05, 0) is 26.2 Å². The average Bonchev–Trinajstić information content (AvgIpc) is 3.00. The van der Waals surface area contributed by atoms with Crippen LogP contribution in [0.4, 0.5) is 0 Å². The van der Waals surface area contributed by atoms with Gasteiger partial charge in [-0.25, -0.2) is 13.1 Å². The van der Waals surface area contributed by atoms with Crippen molar-refractivity contribution in [3.8, 4) is 0 Å². The SMILES string of the molecule is CN(C)C(CNS(=O)(=O)c1cnn(C)c1)c1ccco1. The molecular weight excluding hydrogens is 280 g/mol. The third kappa shape index (κ3) is 3.27. The van der Waals surface area contributed by atoms with Crippen LogP contribution in [0.25, 0.3) is 0 Å². The van der Waals surface area contributed by atoms with Crippen LogP contribution in [-0.4, -0.2) is 43.7 Å². The predicted octanol–water partition coefficient (Wildman–Crippen LogP) is 0.594. The van der Waals surface area contributed by atoms with Crippen molar-refractivity contribution in [1.82, 2.24) is 19.4 Å². The summed E-state index contributed by atoms with van der Waals surface area (Å²) in [6.45, 7) is 0.220. The van der Waals surface area contributed by atoms with Crippen LogP contribution in [0.2, 0.25) is 0 Å². The molecule has 1 atom stereocenters. The molecule has 110 valence electrons. The number of nitrogens with one attached hydrogen (secondary N) is 1. The molecule has 8 heteroatoms. The zero-order valence-corrected chi connectivity index (χ0v) is 12.5. The standard InChI is InChI=1S/C12H18N4O3S/c1-15(2)11(12-5-4-6-19-12)8-14-20(17,18)10-7-13-16(3)9-10/h4-7,9,11,14H,8H2,1-3H3. The molecule has 0 radical (unpaired) electrons. The molecule has 1 N–H and O–H groups in total. The number of furan rings is 1. The third-order valence-electron chi connectivity index (χ3n) is 2.95. The first-order valence-electron chi connectivity index (χ1n) is 6.08. The fourth-order valence-electron chi connectivity index (χ4n) is 1.83. The molecule has 20 heavy (non-hydrogen) atoms. The van der Waals surface area contributed by atoms with E-state index in [4.69, 9.17) is 4.42 Å². The van der Waals surface area contributed by atoms with Crippen molar-refractivity contribution in [3.05, 3.63) is 36.5 Å². The number of nitrogens with zero attached hydrogens (tertiary/aromatic N) is 3. The molecule has 0 aliphatic rings. The van der Waals surface area contributed by atoms with E-state index < -0.39 is 10.0 Å². The van der Waals surface area contributed by atoms with Gasteiger partial charge in [0.05, 0.1) is 18.5 Å². The minimum absolute atomic E-state index is 0.150. The summed E-state index contributed by atoms with van der Waals surface area (Å²) in [7, 11) is 1.84. The van der Waals surface area contributed by atoms with E-state index in [1.807, 2.05) is 25.1 Å². The fourth-order valence-corrected chi connectivity index (χ4v) is 2.85. The van der Waals surface area contributed by atoms with E-state index in [0.29, 0.717) is 5.76 Å². The highest BCUT2D eigenvalue weighted by molar-refractivity contribution is 7.89. The maximum Gasteiger partial charge on any atom is 0.243 e. The van der Waals surface area contributed by atoms with Crippen LogP contribution in [0.3, 0.4) is 0 Å². The largest absolute Gasteiger partial charge is 0.468 e. The number of hydrogen-bond acceptors (Lipinski definition) is 5. The number of aromatic nitrogens is 2. The van der Waals surface area contributed by atoms with Gasteiger partial charge in [-0.2, -0.15) is 5.10 Å². The third-order valence-corrected chi connectivity index (χ3v) is 4.33. The molecule has 2 rings (SSSR count). The normalized spacial score (nSPS) is 13.8. The lowest BCUT2D eigenvalue weighted by Gasteiger charge is -2.22. The van der Waals surface area contributed by atoms with E-state index >= 15 is 0 Å². The Kier molecular flexibility index (Phi) is 4.26. The first kappa shape index (κ1) is 14.8. The molecule has 0 saturated carbocycles. The maximum atomic E-state index is 12.1. The number of likely N-dealkylation sites (N-methyl/N-ethyl adjacent to an activating group) is 1. The van der Waals surface area contributed by atoms with E-state index in [9.17, 15) is 8.42 Å². The van der Waals surface area contributed by atoms with E-state index in [-0.39, 0.29) is 17.5 Å². The lowest BCUT2D eigenvalue weighted by molar-refractivity contribution is 0.259. The molecule has 0 spiro atoms. The van der Waals surface area contributed by atoms with Crippen molar-refractivity contribution >= 4 is 10.0 Å². The summed E-state index contributed by atoms with van der Waals surface area (Å²) in [4.78, 5) is 2.04. The van der Waals surface area contributed by atoms with Crippen molar-refractivity contribution in [1.29, 1.82) is 0 Å². The van der Waals surface area contributed by atoms with E-state index in [0.717, 1.165) is 0 Å². The second-order valence-corrected chi connectivity index (χ2v) is 6.46. The predicted molar refractivity (Wildman–Crippen MR) is 73.5 cm³/mol. The summed E-state index contributed by atoms with van der Waals surface area (Å²) in [5.41, 5.74) is 0. The summed E-state index contributed by atoms with van der Waals surface area (Å²) in [6.07, 6.45) is 4.35. The maximum absolute atomic E-state index is 12.1. The van der Waals surface area contributed by atoms with Crippen molar-refractivity contribution in [2.75, 3.05) is 20.6 Å². The minimum atomic E-state index is -3.56. The molecule has 2 heterocycles. The van der Waals surface area contributed by atoms with Gasteiger partial charge in [-0.15, -0.1) is 0 Å². The molecule has 0 fully saturated rings. The van der Waals surface area contributed by atoms with Crippen LogP contribution < -0.4 is 4.72 Å². The van der Waals surface area contributed by atoms with E-state index in [2.05, 4.69) is 9.82 Å². The van der Waals surface area contributed by atoms with Crippen LogP contribution in [-0.2, 0) is 17.1 Å². The van der Waals surface area contributed by atoms with Crippen LogP contribution in [0.15, 0.2) is 40.1 Å². The highest BCUT2D eigenvalue weighted by Gasteiger charge is 2.22. The smallest absolute Gasteiger partial charge is 0.243 e. The average molecular weight is 298 g/mol. The lowest BCUT2D eigenvalue weighted by atomic mass is 10.2. The molecule has 7 nitrogen and oxygen atoms in total. The quantitative estimate of drug-likeness (QED) is 0.844. The van der Waals surface area contributed by atoms with Gasteiger partial charge in [0.25, 0.3) is 0 Å². The molecular formula is C12H18N4O3S. The number of aryl methyl sites for hydroxylation is 1. The Balaban J connectivity index is 2.10. The molecule has 0 aliphatic carbocycles. The molecule has 0 aromatic carbocycles. The zero-order chi connectivity index (χ0) is 14.8. The number of hydrogen-bond donors (Lipinski definition) is 1. The Labute approximate surface area is 118 Å². The van der Waals surface area contributed by atoms with Crippen molar-refractivity contribution in [2.45, 2.75) is 10.9 Å². The minimum Gasteiger partial charge on any atom is -0.468 e. The Morgan fingerprint density at radius 3 is 2.75 bits per heavy atom. The second kappa shape index (κ2) is 5.78. The summed E-state index contributed by atoms with van der Waals surface area (Å²) < 4.78 is 33.6. The fraction of sp³-hybridized carbons (Fsp3) is 0.417. The van der Waals surface area contributed by atoms with Crippen LogP contribution in [0.1, 0.15) is 11.8 Å². The van der Waals surface area contributed by atoms with Gasteiger partial charge in [0, 0.05) is 19.8 Å². The first-order valence-corrected chi connectivity index (χ1v) is 7.56. The highest BCUT2D eigenvalue weighted by atomic mass is 32.2. The van der Waals surface area contributed by atoms with Gasteiger partial charge in [0.1, 0.15) is 10.7 Å². The van der Waals surface area contributed by atoms with Gasteiger partial charge in [-0.3, -0.25) is 9.58 Å². The first-order chi connectivity index (χ1) is 9.40. The van der Waals surface area contributed by atoms with Crippen LogP contribution in [0, 0.1) is 0 Å². The van der Waals surface area contributed by atoms with Crippen molar-refractivity contribution in [3.63, 3.8) is 0 Å². The Hall–Kier alpha value is -1.64. The van der Waals surface area contributed by atoms with E-state index in [1.54, 1.807) is 19.4 Å². The van der Waals surface area contributed by atoms with E-state index in [1.165, 1.54) is 17.1 Å². The molecule has 0 amide bonds. The van der Waals surface area contributed by atoms with Crippen LogP contribution >= 0.6 is 0 Å². The van der Waals surface area contributed by atoms with Gasteiger partial charge in [0.15, 0.2) is 0 Å². The topological polar surface area (TPSA) is 80.4 Å². The summed E-state index contributed by atoms with van der Waals surface area (Å²) in [5.74, 6) is 0.712. The van der Waals surface area contributed by atoms with Crippen molar-refractivity contribution in [2.24, 2.45) is 7.05 Å². The summed E-state index contributed by atoms with van der Waals surface area (Å²) in [5, 5.41) is 3.86. The van der Waals surface area contributed by atoms with Gasteiger partial charge >= 0.3 is 0 Å². The Morgan fingerprint density at radius 2 is 2.25 bits per heavy atom. The second-order valence-electron chi connectivity index (χ2n) is 4.70. The molecule has 1 unspecified atom stereocenters. The number of rotatable bonds is 6. The summed E-state index contributed by atoms with van der Waals surface area (Å²) >= 11 is 0. The molecule has 0 bridgehead atoms. The van der Waals surface area contributed by atoms with Gasteiger partial charge < -0.3 is 4.42 Å². The molecule has 0 aliphatic heterocycles. The molecule has 2 aromatic heterocycles. The Bertz CT molecular complexity index is 646. The molecule has 2 aromatic rings. The highest BCUT2D eigenvalue weighted by Crippen LogP contribution is 2.18.